The van der Waals surface area contributed by atoms with Gasteiger partial charge in [-0.05, 0) is 36.4 Å². The Kier molecular flexibility index (Phi) is 6.06. The van der Waals surface area contributed by atoms with Gasteiger partial charge in [0.2, 0.25) is 10.0 Å². The van der Waals surface area contributed by atoms with E-state index in [0.717, 1.165) is 12.1 Å². The van der Waals surface area contributed by atoms with Crippen molar-refractivity contribution in [3.8, 4) is 0 Å². The molecule has 1 aromatic carbocycles. The smallest absolute Gasteiger partial charge is 0.240 e. The lowest BCUT2D eigenvalue weighted by Gasteiger charge is -2.09. The van der Waals surface area contributed by atoms with Crippen LogP contribution in [-0.4, -0.2) is 36.7 Å². The fourth-order valence-corrected chi connectivity index (χ4v) is 3.28. The molecule has 0 fully saturated rings. The van der Waals surface area contributed by atoms with Crippen LogP contribution in [0.4, 0.5) is 26.2 Å². The molecule has 2 aromatic heterocycles. The molecule has 0 aliphatic heterocycles. The Bertz CT molecular complexity index is 1010. The average molecular weight is 406 g/mol. The Morgan fingerprint density at radius 3 is 2.21 bits per heavy atom. The zero-order valence-electron chi connectivity index (χ0n) is 14.4. The number of nitrogens with zero attached hydrogens (tertiary/aromatic N) is 3. The van der Waals surface area contributed by atoms with E-state index in [2.05, 4.69) is 30.5 Å². The molecule has 0 aliphatic carbocycles. The molecule has 0 bridgehead atoms. The Morgan fingerprint density at radius 2 is 1.57 bits per heavy atom. The summed E-state index contributed by atoms with van der Waals surface area (Å²) in [5.74, 6) is -0.372. The first-order chi connectivity index (χ1) is 13.4. The molecule has 28 heavy (non-hydrogen) atoms. The van der Waals surface area contributed by atoms with Gasteiger partial charge in [0, 0.05) is 25.4 Å². The summed E-state index contributed by atoms with van der Waals surface area (Å²) in [7, 11) is -4.02. The average Bonchev–Trinajstić information content (AvgIpc) is 2.67. The van der Waals surface area contributed by atoms with Crippen molar-refractivity contribution < 1.29 is 17.2 Å². The summed E-state index contributed by atoms with van der Waals surface area (Å²) >= 11 is 0. The molecule has 0 radical (unpaired) electrons. The number of rotatable bonds is 8. The number of nitrogens with one attached hydrogen (secondary N) is 3. The summed E-state index contributed by atoms with van der Waals surface area (Å²) in [4.78, 5) is 3.63. The number of sulfonamides is 1. The van der Waals surface area contributed by atoms with Crippen molar-refractivity contribution in [2.24, 2.45) is 0 Å². The monoisotopic (exact) mass is 406 g/mol. The van der Waals surface area contributed by atoms with Crippen LogP contribution in [0.5, 0.6) is 0 Å². The lowest BCUT2D eigenvalue weighted by atomic mass is 10.3. The van der Waals surface area contributed by atoms with E-state index in [1.54, 1.807) is 30.5 Å². The van der Waals surface area contributed by atoms with Crippen LogP contribution in [0.25, 0.3) is 0 Å². The van der Waals surface area contributed by atoms with Crippen molar-refractivity contribution in [2.45, 2.75) is 4.90 Å². The highest BCUT2D eigenvalue weighted by atomic mass is 32.2. The third-order valence-electron chi connectivity index (χ3n) is 3.46. The Labute approximate surface area is 160 Å². The molecule has 0 aliphatic rings. The largest absolute Gasteiger partial charge is 0.367 e. The Morgan fingerprint density at radius 1 is 0.857 bits per heavy atom. The molecule has 0 unspecified atom stereocenters. The zero-order valence-corrected chi connectivity index (χ0v) is 15.2. The van der Waals surface area contributed by atoms with E-state index in [0.29, 0.717) is 23.5 Å². The molecule has 0 spiro atoms. The van der Waals surface area contributed by atoms with Gasteiger partial charge < -0.3 is 10.6 Å². The van der Waals surface area contributed by atoms with Crippen molar-refractivity contribution in [3.63, 3.8) is 0 Å². The van der Waals surface area contributed by atoms with E-state index in [1.165, 1.54) is 0 Å². The van der Waals surface area contributed by atoms with E-state index < -0.39 is 26.6 Å². The van der Waals surface area contributed by atoms with Gasteiger partial charge in [-0.2, -0.15) is 0 Å². The summed E-state index contributed by atoms with van der Waals surface area (Å²) in [6, 6.07) is 10.9. The highest BCUT2D eigenvalue weighted by Crippen LogP contribution is 2.14. The topological polar surface area (TPSA) is 109 Å². The molecule has 0 atom stereocenters. The van der Waals surface area contributed by atoms with Crippen LogP contribution in [0.3, 0.4) is 0 Å². The lowest BCUT2D eigenvalue weighted by Crippen LogP contribution is -2.29. The van der Waals surface area contributed by atoms with Gasteiger partial charge in [-0.3, -0.25) is 0 Å². The summed E-state index contributed by atoms with van der Waals surface area (Å²) in [5.41, 5.74) is 0. The summed E-state index contributed by atoms with van der Waals surface area (Å²) < 4.78 is 52.7. The SMILES string of the molecule is O=S(=O)(NCCNc1ccc(Nc2ccccn2)nn1)c1cc(F)cc(F)c1. The van der Waals surface area contributed by atoms with Crippen LogP contribution in [0.15, 0.2) is 59.6 Å². The van der Waals surface area contributed by atoms with Crippen molar-refractivity contribution >= 4 is 27.5 Å². The molecular formula is C17H16F2N6O2S. The van der Waals surface area contributed by atoms with Crippen LogP contribution in [0.2, 0.25) is 0 Å². The number of pyridine rings is 1. The Balaban J connectivity index is 1.49. The van der Waals surface area contributed by atoms with Gasteiger partial charge in [0.05, 0.1) is 4.90 Å². The third kappa shape index (κ3) is 5.41. The minimum Gasteiger partial charge on any atom is -0.367 e. The van der Waals surface area contributed by atoms with Crippen LogP contribution >= 0.6 is 0 Å². The normalized spacial score (nSPS) is 11.2. The molecule has 3 aromatic rings. The number of hydrogen-bond donors (Lipinski definition) is 3. The van der Waals surface area contributed by atoms with E-state index in [9.17, 15) is 17.2 Å². The molecular weight excluding hydrogens is 390 g/mol. The minimum absolute atomic E-state index is 0.0178. The quantitative estimate of drug-likeness (QED) is 0.493. The summed E-state index contributed by atoms with van der Waals surface area (Å²) in [5, 5.41) is 13.8. The third-order valence-corrected chi connectivity index (χ3v) is 4.90. The molecule has 8 nitrogen and oxygen atoms in total. The molecule has 11 heteroatoms. The first kappa shape index (κ1) is 19.6. The first-order valence-corrected chi connectivity index (χ1v) is 9.62. The molecule has 3 rings (SSSR count). The van der Waals surface area contributed by atoms with E-state index in [4.69, 9.17) is 0 Å². The first-order valence-electron chi connectivity index (χ1n) is 8.14. The standard InChI is InChI=1S/C17H16F2N6O2S/c18-12-9-13(19)11-14(10-12)28(26,27)22-8-7-21-16-4-5-17(25-24-16)23-15-3-1-2-6-20-15/h1-6,9-11,22H,7-8H2,(H,21,24)(H,20,23,25). The molecule has 3 N–H and O–H groups in total. The van der Waals surface area contributed by atoms with E-state index >= 15 is 0 Å². The number of anilines is 3. The van der Waals surface area contributed by atoms with Gasteiger partial charge in [-0.25, -0.2) is 26.9 Å². The summed E-state index contributed by atoms with van der Waals surface area (Å²) in [6.45, 7) is 0.175. The lowest BCUT2D eigenvalue weighted by molar-refractivity contribution is 0.562. The van der Waals surface area contributed by atoms with Crippen LogP contribution < -0.4 is 15.4 Å². The van der Waals surface area contributed by atoms with Crippen molar-refractivity contribution in [3.05, 3.63) is 66.4 Å². The fourth-order valence-electron chi connectivity index (χ4n) is 2.20. The van der Waals surface area contributed by atoms with Gasteiger partial charge in [0.25, 0.3) is 0 Å². The predicted molar refractivity (Wildman–Crippen MR) is 99.6 cm³/mol. The van der Waals surface area contributed by atoms with Crippen LogP contribution in [0.1, 0.15) is 0 Å². The number of halogens is 2. The van der Waals surface area contributed by atoms with Crippen molar-refractivity contribution in [1.29, 1.82) is 0 Å². The van der Waals surface area contributed by atoms with Gasteiger partial charge in [-0.15, -0.1) is 10.2 Å². The number of hydrogen-bond acceptors (Lipinski definition) is 7. The highest BCUT2D eigenvalue weighted by Gasteiger charge is 2.15. The van der Waals surface area contributed by atoms with Crippen LogP contribution in [0, 0.1) is 11.6 Å². The second-order valence-corrected chi connectivity index (χ2v) is 7.34. The molecule has 2 heterocycles. The van der Waals surface area contributed by atoms with Gasteiger partial charge in [-0.1, -0.05) is 6.07 Å². The maximum Gasteiger partial charge on any atom is 0.240 e. The van der Waals surface area contributed by atoms with Crippen molar-refractivity contribution in [1.82, 2.24) is 19.9 Å². The van der Waals surface area contributed by atoms with E-state index in [-0.39, 0.29) is 13.1 Å². The predicted octanol–water partition coefficient (Wildman–Crippen LogP) is 2.28. The van der Waals surface area contributed by atoms with Gasteiger partial charge in [0.15, 0.2) is 5.82 Å². The Hall–Kier alpha value is -3.18. The maximum atomic E-state index is 13.2. The van der Waals surface area contributed by atoms with Crippen molar-refractivity contribution in [2.75, 3.05) is 23.7 Å². The minimum atomic E-state index is -4.02. The molecule has 0 saturated heterocycles. The molecule has 0 saturated carbocycles. The van der Waals surface area contributed by atoms with E-state index in [1.807, 2.05) is 6.07 Å². The summed E-state index contributed by atoms with van der Waals surface area (Å²) in [6.07, 6.45) is 1.64. The zero-order chi connectivity index (χ0) is 20.0. The van der Waals surface area contributed by atoms with Gasteiger partial charge in [0.1, 0.15) is 23.3 Å². The fraction of sp³-hybridized carbons (Fsp3) is 0.118. The second-order valence-electron chi connectivity index (χ2n) is 5.57. The number of aromatic nitrogens is 3. The molecule has 0 amide bonds. The highest BCUT2D eigenvalue weighted by molar-refractivity contribution is 7.89. The molecule has 146 valence electrons. The van der Waals surface area contributed by atoms with Crippen LogP contribution in [-0.2, 0) is 10.0 Å². The van der Waals surface area contributed by atoms with Gasteiger partial charge >= 0.3 is 0 Å². The second kappa shape index (κ2) is 8.67. The maximum absolute atomic E-state index is 13.2. The number of benzene rings is 1.